The number of pyridine rings is 1. The van der Waals surface area contributed by atoms with E-state index in [-0.39, 0.29) is 0 Å². The van der Waals surface area contributed by atoms with E-state index in [0.717, 1.165) is 32.0 Å². The SMILES string of the molecule is c1ccc(N(C2CCCC2)N2CCNCC2)nc1. The summed E-state index contributed by atoms with van der Waals surface area (Å²) in [6.45, 7) is 4.34. The molecule has 1 aromatic rings. The van der Waals surface area contributed by atoms with Gasteiger partial charge in [-0.05, 0) is 25.0 Å². The highest BCUT2D eigenvalue weighted by molar-refractivity contribution is 5.38. The van der Waals surface area contributed by atoms with Crippen molar-refractivity contribution in [1.82, 2.24) is 15.3 Å². The van der Waals surface area contributed by atoms with Gasteiger partial charge >= 0.3 is 0 Å². The number of rotatable bonds is 3. The molecule has 2 aliphatic rings. The van der Waals surface area contributed by atoms with Gasteiger partial charge in [0.1, 0.15) is 5.82 Å². The molecule has 2 fully saturated rings. The number of hydrogen-bond acceptors (Lipinski definition) is 4. The quantitative estimate of drug-likeness (QED) is 0.879. The first-order valence-electron chi connectivity index (χ1n) is 7.11. The smallest absolute Gasteiger partial charge is 0.143 e. The van der Waals surface area contributed by atoms with E-state index in [1.165, 1.54) is 25.7 Å². The number of hydrazine groups is 1. The highest BCUT2D eigenvalue weighted by Gasteiger charge is 2.29. The molecule has 2 heterocycles. The summed E-state index contributed by atoms with van der Waals surface area (Å²) >= 11 is 0. The first-order valence-corrected chi connectivity index (χ1v) is 7.11. The van der Waals surface area contributed by atoms with Crippen molar-refractivity contribution in [2.75, 3.05) is 31.2 Å². The van der Waals surface area contributed by atoms with Crippen LogP contribution in [0, 0.1) is 0 Å². The molecular weight excluding hydrogens is 224 g/mol. The number of anilines is 1. The van der Waals surface area contributed by atoms with Gasteiger partial charge in [-0.3, -0.25) is 5.01 Å². The molecular formula is C14H22N4. The van der Waals surface area contributed by atoms with Gasteiger partial charge in [0.15, 0.2) is 0 Å². The predicted molar refractivity (Wildman–Crippen MR) is 73.4 cm³/mol. The zero-order chi connectivity index (χ0) is 12.2. The molecule has 1 saturated heterocycles. The van der Waals surface area contributed by atoms with Crippen LogP contribution in [0.3, 0.4) is 0 Å². The summed E-state index contributed by atoms with van der Waals surface area (Å²) in [5, 5.41) is 8.37. The van der Waals surface area contributed by atoms with Crippen LogP contribution in [0.5, 0.6) is 0 Å². The fourth-order valence-corrected chi connectivity index (χ4v) is 3.07. The molecule has 98 valence electrons. The lowest BCUT2D eigenvalue weighted by molar-refractivity contribution is 0.195. The van der Waals surface area contributed by atoms with Crippen molar-refractivity contribution in [3.63, 3.8) is 0 Å². The summed E-state index contributed by atoms with van der Waals surface area (Å²) in [7, 11) is 0. The molecule has 0 aromatic carbocycles. The Morgan fingerprint density at radius 1 is 1.17 bits per heavy atom. The molecule has 1 aliphatic carbocycles. The Morgan fingerprint density at radius 2 is 1.94 bits per heavy atom. The van der Waals surface area contributed by atoms with Crippen molar-refractivity contribution in [1.29, 1.82) is 0 Å². The van der Waals surface area contributed by atoms with Crippen molar-refractivity contribution in [3.8, 4) is 0 Å². The Kier molecular flexibility index (Phi) is 3.76. The molecule has 4 heteroatoms. The largest absolute Gasteiger partial charge is 0.314 e. The van der Waals surface area contributed by atoms with Crippen molar-refractivity contribution in [2.24, 2.45) is 0 Å². The fraction of sp³-hybridized carbons (Fsp3) is 0.643. The zero-order valence-corrected chi connectivity index (χ0v) is 10.9. The Morgan fingerprint density at radius 3 is 2.61 bits per heavy atom. The Balaban J connectivity index is 1.82. The van der Waals surface area contributed by atoms with Crippen LogP contribution in [-0.2, 0) is 0 Å². The zero-order valence-electron chi connectivity index (χ0n) is 10.9. The maximum absolute atomic E-state index is 4.56. The molecule has 0 spiro atoms. The van der Waals surface area contributed by atoms with E-state index < -0.39 is 0 Å². The predicted octanol–water partition coefficient (Wildman–Crippen LogP) is 1.65. The summed E-state index contributed by atoms with van der Waals surface area (Å²) in [5.41, 5.74) is 0. The molecule has 4 nitrogen and oxygen atoms in total. The molecule has 1 aliphatic heterocycles. The van der Waals surface area contributed by atoms with Gasteiger partial charge in [0.05, 0.1) is 0 Å². The fourth-order valence-electron chi connectivity index (χ4n) is 3.07. The van der Waals surface area contributed by atoms with Crippen molar-refractivity contribution in [3.05, 3.63) is 24.4 Å². The second kappa shape index (κ2) is 5.67. The first-order chi connectivity index (χ1) is 8.95. The van der Waals surface area contributed by atoms with Gasteiger partial charge in [0.2, 0.25) is 0 Å². The number of nitrogens with one attached hydrogen (secondary N) is 1. The van der Waals surface area contributed by atoms with Crippen LogP contribution in [0.25, 0.3) is 0 Å². The topological polar surface area (TPSA) is 31.4 Å². The van der Waals surface area contributed by atoms with Crippen LogP contribution in [0.4, 0.5) is 5.82 Å². The monoisotopic (exact) mass is 246 g/mol. The number of hydrogen-bond donors (Lipinski definition) is 1. The van der Waals surface area contributed by atoms with E-state index in [2.05, 4.69) is 32.5 Å². The Bertz CT molecular complexity index is 355. The standard InChI is InChI=1S/C14H22N4/c1-2-6-13(5-1)18(14-7-3-4-8-16-14)17-11-9-15-10-12-17/h3-4,7-8,13,15H,1-2,5-6,9-12H2. The molecule has 1 saturated carbocycles. The first kappa shape index (κ1) is 11.9. The summed E-state index contributed by atoms with van der Waals surface area (Å²) < 4.78 is 0. The maximum atomic E-state index is 4.56. The minimum Gasteiger partial charge on any atom is -0.314 e. The average molecular weight is 246 g/mol. The van der Waals surface area contributed by atoms with Crippen molar-refractivity contribution in [2.45, 2.75) is 31.7 Å². The molecule has 1 aromatic heterocycles. The lowest BCUT2D eigenvalue weighted by Crippen LogP contribution is -2.56. The van der Waals surface area contributed by atoms with Gasteiger partial charge in [0, 0.05) is 38.4 Å². The van der Waals surface area contributed by atoms with Crippen molar-refractivity contribution >= 4 is 5.82 Å². The summed E-state index contributed by atoms with van der Waals surface area (Å²) in [6, 6.07) is 6.87. The van der Waals surface area contributed by atoms with Gasteiger partial charge in [-0.25, -0.2) is 9.99 Å². The lowest BCUT2D eigenvalue weighted by atomic mass is 10.2. The van der Waals surface area contributed by atoms with Gasteiger partial charge in [-0.15, -0.1) is 0 Å². The van der Waals surface area contributed by atoms with E-state index in [1.807, 2.05) is 12.3 Å². The third-order valence-electron chi connectivity index (χ3n) is 3.95. The lowest BCUT2D eigenvalue weighted by Gasteiger charge is -2.42. The minimum atomic E-state index is 0.651. The van der Waals surface area contributed by atoms with E-state index >= 15 is 0 Å². The van der Waals surface area contributed by atoms with Crippen LogP contribution in [-0.4, -0.2) is 42.2 Å². The molecule has 0 atom stereocenters. The van der Waals surface area contributed by atoms with E-state index in [4.69, 9.17) is 0 Å². The second-order valence-corrected chi connectivity index (χ2v) is 5.17. The van der Waals surface area contributed by atoms with Gasteiger partial charge in [-0.1, -0.05) is 18.9 Å². The maximum Gasteiger partial charge on any atom is 0.143 e. The van der Waals surface area contributed by atoms with E-state index in [0.29, 0.717) is 6.04 Å². The Labute approximate surface area is 109 Å². The molecule has 0 bridgehead atoms. The average Bonchev–Trinajstić information content (AvgIpc) is 2.95. The third kappa shape index (κ3) is 2.49. The van der Waals surface area contributed by atoms with Gasteiger partial charge in [-0.2, -0.15) is 0 Å². The molecule has 0 amide bonds. The van der Waals surface area contributed by atoms with Gasteiger partial charge in [0.25, 0.3) is 0 Å². The third-order valence-corrected chi connectivity index (χ3v) is 3.95. The molecule has 1 N–H and O–H groups in total. The second-order valence-electron chi connectivity index (χ2n) is 5.17. The minimum absolute atomic E-state index is 0.651. The van der Waals surface area contributed by atoms with Crippen LogP contribution >= 0.6 is 0 Å². The van der Waals surface area contributed by atoms with Crippen LogP contribution in [0.15, 0.2) is 24.4 Å². The molecule has 3 rings (SSSR count). The number of piperazine rings is 1. The normalized spacial score (nSPS) is 22.2. The summed E-state index contributed by atoms with van der Waals surface area (Å²) in [4.78, 5) is 4.56. The molecule has 0 unspecified atom stereocenters. The highest BCUT2D eigenvalue weighted by atomic mass is 15.7. The van der Waals surface area contributed by atoms with Crippen molar-refractivity contribution < 1.29 is 0 Å². The van der Waals surface area contributed by atoms with Gasteiger partial charge < -0.3 is 5.32 Å². The van der Waals surface area contributed by atoms with Crippen LogP contribution in [0.2, 0.25) is 0 Å². The van der Waals surface area contributed by atoms with E-state index in [9.17, 15) is 0 Å². The van der Waals surface area contributed by atoms with Crippen LogP contribution in [0.1, 0.15) is 25.7 Å². The molecule has 18 heavy (non-hydrogen) atoms. The van der Waals surface area contributed by atoms with Crippen LogP contribution < -0.4 is 10.3 Å². The number of aromatic nitrogens is 1. The Hall–Kier alpha value is -1.13. The summed E-state index contributed by atoms with van der Waals surface area (Å²) in [6.07, 6.45) is 7.24. The summed E-state index contributed by atoms with van der Waals surface area (Å²) in [5.74, 6) is 1.12. The molecule has 0 radical (unpaired) electrons. The highest BCUT2D eigenvalue weighted by Crippen LogP contribution is 2.28. The number of nitrogens with zero attached hydrogens (tertiary/aromatic N) is 3. The van der Waals surface area contributed by atoms with E-state index in [1.54, 1.807) is 0 Å².